The number of ether oxygens (including phenoxy) is 1. The fourth-order valence-electron chi connectivity index (χ4n) is 4.35. The summed E-state index contributed by atoms with van der Waals surface area (Å²) >= 11 is 0. The number of carbonyl (C=O) groups excluding carboxylic acids is 1. The third-order valence-corrected chi connectivity index (χ3v) is 6.14. The van der Waals surface area contributed by atoms with Crippen molar-refractivity contribution in [2.45, 2.75) is 32.2 Å². The van der Waals surface area contributed by atoms with Gasteiger partial charge >= 0.3 is 0 Å². The first-order valence-electron chi connectivity index (χ1n) is 11.4. The summed E-state index contributed by atoms with van der Waals surface area (Å²) in [5.41, 5.74) is 0.950. The SMILES string of the molecule is CCNC(=NCC(c1cccc(F)c1)N1CCOCC1)N1CCC(CC(=O)NC)CC1.I. The van der Waals surface area contributed by atoms with Crippen molar-refractivity contribution >= 4 is 35.8 Å². The molecule has 1 atom stereocenters. The summed E-state index contributed by atoms with van der Waals surface area (Å²) in [7, 11) is 1.69. The highest BCUT2D eigenvalue weighted by Crippen LogP contribution is 2.24. The van der Waals surface area contributed by atoms with Gasteiger partial charge in [0.2, 0.25) is 5.91 Å². The van der Waals surface area contributed by atoms with E-state index in [9.17, 15) is 9.18 Å². The average molecular weight is 561 g/mol. The highest BCUT2D eigenvalue weighted by molar-refractivity contribution is 14.0. The summed E-state index contributed by atoms with van der Waals surface area (Å²) in [5.74, 6) is 1.22. The summed E-state index contributed by atoms with van der Waals surface area (Å²) in [6.45, 7) is 8.20. The van der Waals surface area contributed by atoms with Gasteiger partial charge in [0, 0.05) is 46.2 Å². The normalized spacial score (nSPS) is 19.2. The number of nitrogens with zero attached hydrogens (tertiary/aromatic N) is 3. The Balaban J connectivity index is 0.00000363. The van der Waals surface area contributed by atoms with Gasteiger partial charge in [-0.3, -0.25) is 14.7 Å². The Labute approximate surface area is 208 Å². The standard InChI is InChI=1S/C23H36FN5O2.HI/c1-3-26-23(29-9-7-18(8-10-29)15-22(30)25-2)27-17-21(28-11-13-31-14-12-28)19-5-4-6-20(24)16-19;/h4-6,16,18,21H,3,7-15,17H2,1-2H3,(H,25,30)(H,26,27);1H. The van der Waals surface area contributed by atoms with Crippen LogP contribution in [0.5, 0.6) is 0 Å². The molecule has 2 N–H and O–H groups in total. The molecule has 7 nitrogen and oxygen atoms in total. The van der Waals surface area contributed by atoms with Gasteiger partial charge in [0.15, 0.2) is 5.96 Å². The van der Waals surface area contributed by atoms with E-state index in [1.807, 2.05) is 6.07 Å². The fourth-order valence-corrected chi connectivity index (χ4v) is 4.35. The zero-order valence-corrected chi connectivity index (χ0v) is 21.5. The van der Waals surface area contributed by atoms with Gasteiger partial charge in [-0.1, -0.05) is 12.1 Å². The first kappa shape index (κ1) is 26.8. The van der Waals surface area contributed by atoms with Crippen molar-refractivity contribution in [2.75, 3.05) is 59.5 Å². The van der Waals surface area contributed by atoms with Crippen LogP contribution in [0.1, 0.15) is 37.8 Å². The predicted octanol–water partition coefficient (Wildman–Crippen LogP) is 2.63. The highest BCUT2D eigenvalue weighted by Gasteiger charge is 2.25. The topological polar surface area (TPSA) is 69.2 Å². The van der Waals surface area contributed by atoms with Crippen LogP contribution in [-0.2, 0) is 9.53 Å². The van der Waals surface area contributed by atoms with Crippen LogP contribution in [0.25, 0.3) is 0 Å². The van der Waals surface area contributed by atoms with Crippen LogP contribution < -0.4 is 10.6 Å². The minimum absolute atomic E-state index is 0. The van der Waals surface area contributed by atoms with Gasteiger partial charge in [0.05, 0.1) is 25.8 Å². The average Bonchev–Trinajstić information content (AvgIpc) is 2.80. The molecule has 9 heteroatoms. The summed E-state index contributed by atoms with van der Waals surface area (Å²) < 4.78 is 19.4. The first-order chi connectivity index (χ1) is 15.1. The van der Waals surface area contributed by atoms with Gasteiger partial charge in [-0.2, -0.15) is 0 Å². The zero-order chi connectivity index (χ0) is 22.1. The number of aliphatic imine (C=N–C) groups is 1. The molecular formula is C23H37FIN5O2. The zero-order valence-electron chi connectivity index (χ0n) is 19.2. The Morgan fingerprint density at radius 3 is 2.59 bits per heavy atom. The van der Waals surface area contributed by atoms with E-state index in [1.54, 1.807) is 19.2 Å². The molecular weight excluding hydrogens is 524 g/mol. The Hall–Kier alpha value is -1.46. The van der Waals surface area contributed by atoms with E-state index in [2.05, 4.69) is 27.4 Å². The number of hydrogen-bond acceptors (Lipinski definition) is 4. The van der Waals surface area contributed by atoms with Crippen LogP contribution >= 0.6 is 24.0 Å². The maximum Gasteiger partial charge on any atom is 0.220 e. The number of benzene rings is 1. The van der Waals surface area contributed by atoms with Gasteiger partial charge < -0.3 is 20.3 Å². The lowest BCUT2D eigenvalue weighted by Crippen LogP contribution is -2.46. The van der Waals surface area contributed by atoms with Crippen molar-refractivity contribution in [3.8, 4) is 0 Å². The predicted molar refractivity (Wildman–Crippen MR) is 136 cm³/mol. The molecule has 2 saturated heterocycles. The van der Waals surface area contributed by atoms with Crippen molar-refractivity contribution in [3.05, 3.63) is 35.6 Å². The van der Waals surface area contributed by atoms with Crippen molar-refractivity contribution in [2.24, 2.45) is 10.9 Å². The Morgan fingerprint density at radius 2 is 1.97 bits per heavy atom. The van der Waals surface area contributed by atoms with E-state index >= 15 is 0 Å². The summed E-state index contributed by atoms with van der Waals surface area (Å²) in [6, 6.07) is 6.86. The lowest BCUT2D eigenvalue weighted by atomic mass is 9.93. The molecule has 0 radical (unpaired) electrons. The summed E-state index contributed by atoms with van der Waals surface area (Å²) in [4.78, 5) is 21.3. The second-order valence-corrected chi connectivity index (χ2v) is 8.22. The fraction of sp³-hybridized carbons (Fsp3) is 0.652. The molecule has 3 rings (SSSR count). The number of piperidine rings is 1. The third kappa shape index (κ3) is 7.84. The van der Waals surface area contributed by atoms with E-state index < -0.39 is 0 Å². The molecule has 2 fully saturated rings. The van der Waals surface area contributed by atoms with Crippen molar-refractivity contribution in [1.29, 1.82) is 0 Å². The van der Waals surface area contributed by atoms with Gasteiger partial charge in [0.1, 0.15) is 5.82 Å². The summed E-state index contributed by atoms with van der Waals surface area (Å²) in [5, 5.41) is 6.14. The second-order valence-electron chi connectivity index (χ2n) is 8.22. The molecule has 2 heterocycles. The van der Waals surface area contributed by atoms with Crippen molar-refractivity contribution in [3.63, 3.8) is 0 Å². The molecule has 0 spiro atoms. The first-order valence-corrected chi connectivity index (χ1v) is 11.4. The lowest BCUT2D eigenvalue weighted by molar-refractivity contribution is -0.121. The van der Waals surface area contributed by atoms with Crippen LogP contribution in [0, 0.1) is 11.7 Å². The monoisotopic (exact) mass is 561 g/mol. The largest absolute Gasteiger partial charge is 0.379 e. The van der Waals surface area contributed by atoms with E-state index in [4.69, 9.17) is 9.73 Å². The van der Waals surface area contributed by atoms with Crippen LogP contribution in [0.2, 0.25) is 0 Å². The number of hydrogen-bond donors (Lipinski definition) is 2. The number of likely N-dealkylation sites (tertiary alicyclic amines) is 1. The maximum absolute atomic E-state index is 13.9. The molecule has 0 aromatic heterocycles. The van der Waals surface area contributed by atoms with Crippen LogP contribution in [0.3, 0.4) is 0 Å². The minimum Gasteiger partial charge on any atom is -0.379 e. The molecule has 0 saturated carbocycles. The Morgan fingerprint density at radius 1 is 1.25 bits per heavy atom. The van der Waals surface area contributed by atoms with E-state index in [0.29, 0.717) is 32.1 Å². The molecule has 1 aromatic carbocycles. The van der Waals surface area contributed by atoms with Crippen molar-refractivity contribution < 1.29 is 13.9 Å². The number of carbonyl (C=O) groups is 1. The molecule has 0 bridgehead atoms. The van der Waals surface area contributed by atoms with Crippen LogP contribution in [-0.4, -0.2) is 81.2 Å². The quantitative estimate of drug-likeness (QED) is 0.305. The molecule has 2 aliphatic heterocycles. The van der Waals surface area contributed by atoms with Gasteiger partial charge in [-0.05, 0) is 43.4 Å². The number of nitrogens with one attached hydrogen (secondary N) is 2. The number of morpholine rings is 1. The Kier molecular flexibility index (Phi) is 11.7. The smallest absolute Gasteiger partial charge is 0.220 e. The molecule has 0 aliphatic carbocycles. The number of rotatable bonds is 7. The second kappa shape index (κ2) is 13.9. The third-order valence-electron chi connectivity index (χ3n) is 6.14. The van der Waals surface area contributed by atoms with E-state index in [-0.39, 0.29) is 41.7 Å². The van der Waals surface area contributed by atoms with E-state index in [1.165, 1.54) is 6.07 Å². The van der Waals surface area contributed by atoms with Crippen molar-refractivity contribution in [1.82, 2.24) is 20.4 Å². The molecule has 32 heavy (non-hydrogen) atoms. The molecule has 1 unspecified atom stereocenters. The van der Waals surface area contributed by atoms with Gasteiger partial charge in [-0.25, -0.2) is 4.39 Å². The summed E-state index contributed by atoms with van der Waals surface area (Å²) in [6.07, 6.45) is 2.56. The molecule has 2 aliphatic rings. The molecule has 1 aromatic rings. The molecule has 1 amide bonds. The Bertz CT molecular complexity index is 737. The van der Waals surface area contributed by atoms with Crippen LogP contribution in [0.4, 0.5) is 4.39 Å². The molecule has 180 valence electrons. The van der Waals surface area contributed by atoms with E-state index in [0.717, 1.165) is 57.1 Å². The van der Waals surface area contributed by atoms with Crippen LogP contribution in [0.15, 0.2) is 29.3 Å². The number of guanidine groups is 1. The highest BCUT2D eigenvalue weighted by atomic mass is 127. The minimum atomic E-state index is -0.218. The number of halogens is 2. The maximum atomic E-state index is 13.9. The van der Waals surface area contributed by atoms with Gasteiger partial charge in [0.25, 0.3) is 0 Å². The lowest BCUT2D eigenvalue weighted by Gasteiger charge is -2.36. The number of amides is 1. The van der Waals surface area contributed by atoms with Gasteiger partial charge in [-0.15, -0.1) is 24.0 Å².